The Kier molecular flexibility index (Phi) is 2.98. The molecule has 0 saturated heterocycles. The molecule has 110 valence electrons. The minimum Gasteiger partial charge on any atom is -0.268 e. The van der Waals surface area contributed by atoms with Crippen LogP contribution in [0.1, 0.15) is 26.3 Å². The molecule has 7 heteroatoms. The molecule has 0 unspecified atom stereocenters. The smallest absolute Gasteiger partial charge is 0.268 e. The maximum absolute atomic E-state index is 14.2. The quantitative estimate of drug-likeness (QED) is 0.485. The SMILES string of the molecule is Cc1cc([N+](=O)[O-])cc(F)c1N1C(=O)c2ccccc2C1=O. The summed E-state index contributed by atoms with van der Waals surface area (Å²) < 4.78 is 14.2. The number of fused-ring (bicyclic) bond motifs is 1. The van der Waals surface area contributed by atoms with E-state index < -0.39 is 28.2 Å². The highest BCUT2D eigenvalue weighted by Gasteiger charge is 2.38. The normalized spacial score (nSPS) is 13.5. The Bertz CT molecular complexity index is 789. The van der Waals surface area contributed by atoms with Gasteiger partial charge in [0.05, 0.1) is 27.8 Å². The van der Waals surface area contributed by atoms with Crippen molar-refractivity contribution in [3.05, 3.63) is 69.0 Å². The van der Waals surface area contributed by atoms with Gasteiger partial charge < -0.3 is 0 Å². The molecule has 2 amide bonds. The van der Waals surface area contributed by atoms with E-state index in [1.807, 2.05) is 0 Å². The Labute approximate surface area is 123 Å². The number of non-ortho nitro benzene ring substituents is 1. The summed E-state index contributed by atoms with van der Waals surface area (Å²) in [5.41, 5.74) is -0.178. The first-order valence-electron chi connectivity index (χ1n) is 6.34. The van der Waals surface area contributed by atoms with E-state index in [1.165, 1.54) is 19.1 Å². The van der Waals surface area contributed by atoms with Gasteiger partial charge in [0.15, 0.2) is 5.82 Å². The monoisotopic (exact) mass is 300 g/mol. The number of nitro benzene ring substituents is 1. The average molecular weight is 300 g/mol. The van der Waals surface area contributed by atoms with Crippen LogP contribution in [0.2, 0.25) is 0 Å². The second-order valence-electron chi connectivity index (χ2n) is 4.84. The topological polar surface area (TPSA) is 80.5 Å². The number of anilines is 1. The number of carbonyl (C=O) groups excluding carboxylic acids is 2. The van der Waals surface area contributed by atoms with Gasteiger partial charge in [0.25, 0.3) is 17.5 Å². The molecule has 1 aliphatic rings. The summed E-state index contributed by atoms with van der Waals surface area (Å²) >= 11 is 0. The Morgan fingerprint density at radius 1 is 1.09 bits per heavy atom. The molecule has 2 aromatic carbocycles. The Morgan fingerprint density at radius 2 is 1.64 bits per heavy atom. The summed E-state index contributed by atoms with van der Waals surface area (Å²) in [6, 6.07) is 8.00. The highest BCUT2D eigenvalue weighted by Crippen LogP contribution is 2.34. The molecule has 1 aliphatic heterocycles. The Morgan fingerprint density at radius 3 is 2.09 bits per heavy atom. The van der Waals surface area contributed by atoms with E-state index >= 15 is 0 Å². The lowest BCUT2D eigenvalue weighted by Gasteiger charge is -2.17. The van der Waals surface area contributed by atoms with Gasteiger partial charge in [-0.25, -0.2) is 9.29 Å². The minimum absolute atomic E-state index is 0.140. The van der Waals surface area contributed by atoms with Crippen LogP contribution < -0.4 is 4.90 Å². The van der Waals surface area contributed by atoms with E-state index in [1.54, 1.807) is 12.1 Å². The van der Waals surface area contributed by atoms with E-state index in [0.717, 1.165) is 11.0 Å². The summed E-state index contributed by atoms with van der Waals surface area (Å²) in [5, 5.41) is 10.7. The van der Waals surface area contributed by atoms with Crippen molar-refractivity contribution < 1.29 is 18.9 Å². The number of hydrogen-bond acceptors (Lipinski definition) is 4. The number of halogens is 1. The van der Waals surface area contributed by atoms with E-state index in [2.05, 4.69) is 0 Å². The lowest BCUT2D eigenvalue weighted by molar-refractivity contribution is -0.385. The second-order valence-corrected chi connectivity index (χ2v) is 4.84. The first-order chi connectivity index (χ1) is 10.4. The fourth-order valence-electron chi connectivity index (χ4n) is 2.50. The number of imide groups is 1. The van der Waals surface area contributed by atoms with Crippen LogP contribution in [0.3, 0.4) is 0 Å². The third-order valence-electron chi connectivity index (χ3n) is 3.47. The van der Waals surface area contributed by atoms with E-state index in [-0.39, 0.29) is 22.4 Å². The van der Waals surface area contributed by atoms with Gasteiger partial charge in [-0.3, -0.25) is 19.7 Å². The van der Waals surface area contributed by atoms with Crippen molar-refractivity contribution in [1.82, 2.24) is 0 Å². The number of hydrogen-bond donors (Lipinski definition) is 0. The Hall–Kier alpha value is -3.09. The molecule has 0 atom stereocenters. The van der Waals surface area contributed by atoms with Crippen molar-refractivity contribution in [2.45, 2.75) is 6.92 Å². The predicted octanol–water partition coefficient (Wildman–Crippen LogP) is 2.84. The highest BCUT2D eigenvalue weighted by molar-refractivity contribution is 6.34. The first-order valence-corrected chi connectivity index (χ1v) is 6.34. The number of nitro groups is 1. The molecule has 0 fully saturated rings. The van der Waals surface area contributed by atoms with Gasteiger partial charge in [0.1, 0.15) is 0 Å². The molecule has 1 heterocycles. The van der Waals surface area contributed by atoms with Gasteiger partial charge in [-0.2, -0.15) is 0 Å². The maximum atomic E-state index is 14.2. The van der Waals surface area contributed by atoms with Crippen LogP contribution in [0, 0.1) is 22.9 Å². The van der Waals surface area contributed by atoms with Crippen LogP contribution in [0.15, 0.2) is 36.4 Å². The highest BCUT2D eigenvalue weighted by atomic mass is 19.1. The summed E-state index contributed by atoms with van der Waals surface area (Å²) in [4.78, 5) is 35.4. The standard InChI is InChI=1S/C15H9FN2O4/c1-8-6-9(18(21)22)7-12(16)13(8)17-14(19)10-4-2-3-5-11(10)15(17)20/h2-7H,1H3. The zero-order valence-corrected chi connectivity index (χ0v) is 11.4. The van der Waals surface area contributed by atoms with Crippen LogP contribution in [0.25, 0.3) is 0 Å². The van der Waals surface area contributed by atoms with Gasteiger partial charge in [-0.05, 0) is 24.6 Å². The van der Waals surface area contributed by atoms with Crippen LogP contribution in [-0.2, 0) is 0 Å². The van der Waals surface area contributed by atoms with E-state index in [0.29, 0.717) is 6.07 Å². The molecular formula is C15H9FN2O4. The largest absolute Gasteiger partial charge is 0.272 e. The van der Waals surface area contributed by atoms with Crippen LogP contribution >= 0.6 is 0 Å². The summed E-state index contributed by atoms with van der Waals surface area (Å²) in [7, 11) is 0. The summed E-state index contributed by atoms with van der Waals surface area (Å²) in [6.45, 7) is 1.41. The van der Waals surface area contributed by atoms with Crippen molar-refractivity contribution in [3.8, 4) is 0 Å². The van der Waals surface area contributed by atoms with Crippen molar-refractivity contribution in [2.24, 2.45) is 0 Å². The minimum atomic E-state index is -0.985. The molecule has 3 rings (SSSR count). The first kappa shape index (κ1) is 13.9. The van der Waals surface area contributed by atoms with Crippen molar-refractivity contribution >= 4 is 23.2 Å². The average Bonchev–Trinajstić information content (AvgIpc) is 2.72. The van der Waals surface area contributed by atoms with Gasteiger partial charge in [0, 0.05) is 6.07 Å². The van der Waals surface area contributed by atoms with Crippen LogP contribution in [0.5, 0.6) is 0 Å². The summed E-state index contributed by atoms with van der Waals surface area (Å²) in [5.74, 6) is -2.27. The number of benzene rings is 2. The molecule has 22 heavy (non-hydrogen) atoms. The molecule has 0 N–H and O–H groups in total. The van der Waals surface area contributed by atoms with Crippen molar-refractivity contribution in [2.75, 3.05) is 4.90 Å². The van der Waals surface area contributed by atoms with Gasteiger partial charge in [0.2, 0.25) is 0 Å². The fourth-order valence-corrected chi connectivity index (χ4v) is 2.50. The lowest BCUT2D eigenvalue weighted by atomic mass is 10.1. The third kappa shape index (κ3) is 1.86. The lowest BCUT2D eigenvalue weighted by Crippen LogP contribution is -2.31. The second kappa shape index (κ2) is 4.73. The molecule has 0 aliphatic carbocycles. The van der Waals surface area contributed by atoms with Crippen molar-refractivity contribution in [3.63, 3.8) is 0 Å². The number of rotatable bonds is 2. The number of aryl methyl sites for hydroxylation is 1. The number of nitrogens with zero attached hydrogens (tertiary/aromatic N) is 2. The maximum Gasteiger partial charge on any atom is 0.272 e. The van der Waals surface area contributed by atoms with Gasteiger partial charge in [-0.1, -0.05) is 12.1 Å². The fraction of sp³-hybridized carbons (Fsp3) is 0.0667. The molecule has 6 nitrogen and oxygen atoms in total. The molecular weight excluding hydrogens is 291 g/mol. The molecule has 0 aromatic heterocycles. The van der Waals surface area contributed by atoms with Crippen LogP contribution in [-0.4, -0.2) is 16.7 Å². The molecule has 0 spiro atoms. The predicted molar refractivity (Wildman–Crippen MR) is 75.4 cm³/mol. The van der Waals surface area contributed by atoms with Crippen molar-refractivity contribution in [1.29, 1.82) is 0 Å². The zero-order valence-electron chi connectivity index (χ0n) is 11.4. The van der Waals surface area contributed by atoms with E-state index in [4.69, 9.17) is 0 Å². The Balaban J connectivity index is 2.16. The number of carbonyl (C=O) groups is 2. The molecule has 2 aromatic rings. The van der Waals surface area contributed by atoms with E-state index in [9.17, 15) is 24.1 Å². The third-order valence-corrected chi connectivity index (χ3v) is 3.47. The molecule has 0 bridgehead atoms. The molecule has 0 saturated carbocycles. The number of amides is 2. The van der Waals surface area contributed by atoms with Gasteiger partial charge >= 0.3 is 0 Å². The summed E-state index contributed by atoms with van der Waals surface area (Å²) in [6.07, 6.45) is 0. The molecule has 0 radical (unpaired) electrons. The van der Waals surface area contributed by atoms with Gasteiger partial charge in [-0.15, -0.1) is 0 Å². The zero-order chi connectivity index (χ0) is 16.0. The van der Waals surface area contributed by atoms with Crippen LogP contribution in [0.4, 0.5) is 15.8 Å².